The lowest BCUT2D eigenvalue weighted by Gasteiger charge is -2.17. The fraction of sp³-hybridized carbons (Fsp3) is 0.148. The highest BCUT2D eigenvalue weighted by Crippen LogP contribution is 2.36. The third-order valence-corrected chi connectivity index (χ3v) is 6.76. The standard InChI is InChI=1S/C27H24N2OS/c1-18(21-11-7-9-20-8-3-4-10-22(20)21)28-17-19-14-15-25(30-2)23(16-19)27-29-24-12-5-6-13-26(24)31-27/h3-16,18,28H,17H2,1-2H3. The van der Waals surface area contributed by atoms with Gasteiger partial charge >= 0.3 is 0 Å². The fourth-order valence-corrected chi connectivity index (χ4v) is 5.02. The number of rotatable bonds is 6. The van der Waals surface area contributed by atoms with Crippen molar-refractivity contribution in [2.45, 2.75) is 19.5 Å². The van der Waals surface area contributed by atoms with Crippen LogP contribution in [0, 0.1) is 0 Å². The smallest absolute Gasteiger partial charge is 0.129 e. The molecule has 154 valence electrons. The average Bonchev–Trinajstić information content (AvgIpc) is 3.26. The number of ether oxygens (including phenoxy) is 1. The van der Waals surface area contributed by atoms with Crippen LogP contribution in [0.25, 0.3) is 31.6 Å². The minimum Gasteiger partial charge on any atom is -0.496 e. The molecule has 1 heterocycles. The molecule has 5 aromatic rings. The lowest BCUT2D eigenvalue weighted by molar-refractivity contribution is 0.416. The number of nitrogens with one attached hydrogen (secondary N) is 1. The topological polar surface area (TPSA) is 34.1 Å². The summed E-state index contributed by atoms with van der Waals surface area (Å²) in [5.74, 6) is 0.852. The van der Waals surface area contributed by atoms with E-state index in [2.05, 4.69) is 85.0 Å². The van der Waals surface area contributed by atoms with Crippen LogP contribution in [0.1, 0.15) is 24.1 Å². The molecular formula is C27H24N2OS. The molecule has 3 nitrogen and oxygen atoms in total. The molecule has 0 radical (unpaired) electrons. The first-order valence-electron chi connectivity index (χ1n) is 10.5. The van der Waals surface area contributed by atoms with E-state index in [1.165, 1.54) is 26.6 Å². The molecule has 0 spiro atoms. The molecule has 1 unspecified atom stereocenters. The fourth-order valence-electron chi connectivity index (χ4n) is 4.03. The van der Waals surface area contributed by atoms with Crippen LogP contribution in [0.2, 0.25) is 0 Å². The molecule has 0 aliphatic rings. The van der Waals surface area contributed by atoms with Crippen LogP contribution in [0.5, 0.6) is 5.75 Å². The van der Waals surface area contributed by atoms with Gasteiger partial charge in [-0.25, -0.2) is 4.98 Å². The van der Waals surface area contributed by atoms with Gasteiger partial charge in [0.05, 0.1) is 22.9 Å². The maximum absolute atomic E-state index is 5.64. The Morgan fingerprint density at radius 2 is 1.74 bits per heavy atom. The molecule has 1 aromatic heterocycles. The van der Waals surface area contributed by atoms with Gasteiger partial charge in [0.2, 0.25) is 0 Å². The van der Waals surface area contributed by atoms with Crippen LogP contribution in [-0.4, -0.2) is 12.1 Å². The van der Waals surface area contributed by atoms with Crippen molar-refractivity contribution in [3.8, 4) is 16.3 Å². The zero-order chi connectivity index (χ0) is 21.2. The van der Waals surface area contributed by atoms with Crippen molar-refractivity contribution in [1.29, 1.82) is 0 Å². The molecule has 0 fully saturated rings. The average molecular weight is 425 g/mol. The second-order valence-corrected chi connectivity index (χ2v) is 8.72. The van der Waals surface area contributed by atoms with Gasteiger partial charge in [0.25, 0.3) is 0 Å². The van der Waals surface area contributed by atoms with Crippen LogP contribution in [0.15, 0.2) is 84.9 Å². The van der Waals surface area contributed by atoms with Crippen molar-refractivity contribution in [2.75, 3.05) is 7.11 Å². The second-order valence-electron chi connectivity index (χ2n) is 7.69. The predicted octanol–water partition coefficient (Wildman–Crippen LogP) is 6.98. The number of nitrogens with zero attached hydrogens (tertiary/aromatic N) is 1. The van der Waals surface area contributed by atoms with E-state index in [0.29, 0.717) is 0 Å². The minimum absolute atomic E-state index is 0.235. The summed E-state index contributed by atoms with van der Waals surface area (Å²) in [5, 5.41) is 7.26. The molecule has 5 rings (SSSR count). The highest BCUT2D eigenvalue weighted by atomic mass is 32.1. The van der Waals surface area contributed by atoms with E-state index in [-0.39, 0.29) is 6.04 Å². The van der Waals surface area contributed by atoms with Crippen LogP contribution < -0.4 is 10.1 Å². The summed E-state index contributed by atoms with van der Waals surface area (Å²) in [4.78, 5) is 4.83. The summed E-state index contributed by atoms with van der Waals surface area (Å²) >= 11 is 1.70. The van der Waals surface area contributed by atoms with E-state index in [1.807, 2.05) is 12.1 Å². The number of hydrogen-bond donors (Lipinski definition) is 1. The molecule has 0 aliphatic carbocycles. The highest BCUT2D eigenvalue weighted by molar-refractivity contribution is 7.21. The monoisotopic (exact) mass is 424 g/mol. The number of fused-ring (bicyclic) bond motifs is 2. The first-order chi connectivity index (χ1) is 15.2. The van der Waals surface area contributed by atoms with Crippen molar-refractivity contribution in [2.24, 2.45) is 0 Å². The molecule has 0 amide bonds. The van der Waals surface area contributed by atoms with Gasteiger partial charge in [-0.3, -0.25) is 0 Å². The molecular weight excluding hydrogens is 400 g/mol. The van der Waals surface area contributed by atoms with Crippen LogP contribution in [-0.2, 0) is 6.54 Å². The van der Waals surface area contributed by atoms with Crippen LogP contribution in [0.4, 0.5) is 0 Å². The molecule has 4 heteroatoms. The Labute approximate surface area is 186 Å². The summed E-state index contributed by atoms with van der Waals surface area (Å²) in [5.41, 5.74) is 4.60. The summed E-state index contributed by atoms with van der Waals surface area (Å²) in [6.45, 7) is 2.99. The number of aromatic nitrogens is 1. The molecule has 31 heavy (non-hydrogen) atoms. The summed E-state index contributed by atoms with van der Waals surface area (Å²) < 4.78 is 6.83. The summed E-state index contributed by atoms with van der Waals surface area (Å²) in [7, 11) is 1.71. The van der Waals surface area contributed by atoms with Crippen molar-refractivity contribution in [3.63, 3.8) is 0 Å². The largest absolute Gasteiger partial charge is 0.496 e. The first-order valence-corrected chi connectivity index (χ1v) is 11.3. The van der Waals surface area contributed by atoms with Gasteiger partial charge in [-0.1, -0.05) is 60.7 Å². The molecule has 0 bridgehead atoms. The predicted molar refractivity (Wildman–Crippen MR) is 131 cm³/mol. The molecule has 1 N–H and O–H groups in total. The van der Waals surface area contributed by atoms with E-state index in [9.17, 15) is 0 Å². The zero-order valence-electron chi connectivity index (χ0n) is 17.6. The van der Waals surface area contributed by atoms with Gasteiger partial charge in [-0.15, -0.1) is 11.3 Å². The number of para-hydroxylation sites is 1. The Morgan fingerprint density at radius 1 is 0.935 bits per heavy atom. The maximum atomic E-state index is 5.64. The normalized spacial score (nSPS) is 12.3. The van der Waals surface area contributed by atoms with Gasteiger partial charge in [0, 0.05) is 12.6 Å². The third kappa shape index (κ3) is 3.92. The van der Waals surface area contributed by atoms with E-state index in [1.54, 1.807) is 18.4 Å². The van der Waals surface area contributed by atoms with E-state index < -0.39 is 0 Å². The minimum atomic E-state index is 0.235. The lowest BCUT2D eigenvalue weighted by atomic mass is 9.99. The maximum Gasteiger partial charge on any atom is 0.129 e. The van der Waals surface area contributed by atoms with E-state index >= 15 is 0 Å². The van der Waals surface area contributed by atoms with Gasteiger partial charge in [0.15, 0.2) is 0 Å². The molecule has 0 saturated carbocycles. The molecule has 0 saturated heterocycles. The molecule has 0 aliphatic heterocycles. The van der Waals surface area contributed by atoms with E-state index in [4.69, 9.17) is 9.72 Å². The Morgan fingerprint density at radius 3 is 2.61 bits per heavy atom. The van der Waals surface area contributed by atoms with Gasteiger partial charge in [0.1, 0.15) is 10.8 Å². The zero-order valence-corrected chi connectivity index (χ0v) is 18.4. The van der Waals surface area contributed by atoms with Gasteiger partial charge in [-0.2, -0.15) is 0 Å². The van der Waals surface area contributed by atoms with Crippen molar-refractivity contribution >= 4 is 32.3 Å². The number of methoxy groups -OCH3 is 1. The summed E-state index contributed by atoms with van der Waals surface area (Å²) in [6, 6.07) is 29.9. The third-order valence-electron chi connectivity index (χ3n) is 5.69. The van der Waals surface area contributed by atoms with Gasteiger partial charge < -0.3 is 10.1 Å². The highest BCUT2D eigenvalue weighted by Gasteiger charge is 2.14. The molecule has 1 atom stereocenters. The van der Waals surface area contributed by atoms with E-state index in [0.717, 1.165) is 28.4 Å². The second kappa shape index (κ2) is 8.50. The Bertz CT molecular complexity index is 1320. The Balaban J connectivity index is 1.41. The number of benzene rings is 4. The Hall–Kier alpha value is -3.21. The van der Waals surface area contributed by atoms with Crippen molar-refractivity contribution in [1.82, 2.24) is 10.3 Å². The number of hydrogen-bond acceptors (Lipinski definition) is 4. The lowest BCUT2D eigenvalue weighted by Crippen LogP contribution is -2.18. The molecule has 4 aromatic carbocycles. The number of thiazole rings is 1. The summed E-state index contributed by atoms with van der Waals surface area (Å²) in [6.07, 6.45) is 0. The van der Waals surface area contributed by atoms with Crippen molar-refractivity contribution < 1.29 is 4.74 Å². The van der Waals surface area contributed by atoms with Crippen molar-refractivity contribution in [3.05, 3.63) is 96.1 Å². The first kappa shape index (κ1) is 19.7. The Kier molecular flexibility index (Phi) is 5.41. The SMILES string of the molecule is COc1ccc(CNC(C)c2cccc3ccccc23)cc1-c1nc2ccccc2s1. The van der Waals surface area contributed by atoms with Crippen LogP contribution in [0.3, 0.4) is 0 Å². The van der Waals surface area contributed by atoms with Gasteiger partial charge in [-0.05, 0) is 53.1 Å². The quantitative estimate of drug-likeness (QED) is 0.319. The van der Waals surface area contributed by atoms with Crippen LogP contribution >= 0.6 is 11.3 Å².